The van der Waals surface area contributed by atoms with Crippen molar-refractivity contribution in [1.29, 1.82) is 0 Å². The zero-order chi connectivity index (χ0) is 21.2. The number of aromatic nitrogens is 2. The number of likely N-dealkylation sites (tertiary alicyclic amines) is 1. The Kier molecular flexibility index (Phi) is 5.82. The number of para-hydroxylation sites is 1. The Labute approximate surface area is 160 Å². The molecule has 3 rings (SSSR count). The van der Waals surface area contributed by atoms with Crippen LogP contribution in [0.2, 0.25) is 0 Å². The van der Waals surface area contributed by atoms with E-state index in [-0.39, 0.29) is 24.0 Å². The third-order valence-electron chi connectivity index (χ3n) is 4.49. The molecule has 0 spiro atoms. The van der Waals surface area contributed by atoms with Crippen molar-refractivity contribution in [3.05, 3.63) is 41.6 Å². The molecule has 12 heteroatoms. The van der Waals surface area contributed by atoms with E-state index < -0.39 is 29.7 Å². The van der Waals surface area contributed by atoms with E-state index in [2.05, 4.69) is 19.9 Å². The fourth-order valence-electron chi connectivity index (χ4n) is 3.08. The number of benzene rings is 1. The lowest BCUT2D eigenvalue weighted by Gasteiger charge is -2.29. The molecular formula is C17H16F6N4O2. The molecule has 2 heterocycles. The number of nitrogens with one attached hydrogen (secondary N) is 1. The molecule has 6 nitrogen and oxygen atoms in total. The predicted octanol–water partition coefficient (Wildman–Crippen LogP) is 3.93. The Hall–Kier alpha value is -2.63. The van der Waals surface area contributed by atoms with Gasteiger partial charge in [-0.25, -0.2) is 0 Å². The summed E-state index contributed by atoms with van der Waals surface area (Å²) in [6.07, 6.45) is -8.55. The Balaban J connectivity index is 1.54. The predicted molar refractivity (Wildman–Crippen MR) is 87.8 cm³/mol. The lowest BCUT2D eigenvalue weighted by atomic mass is 9.97. The van der Waals surface area contributed by atoms with Gasteiger partial charge in [0.05, 0.1) is 17.8 Å². The minimum absolute atomic E-state index is 0.111. The van der Waals surface area contributed by atoms with Gasteiger partial charge < -0.3 is 9.73 Å². The van der Waals surface area contributed by atoms with Gasteiger partial charge in [0.2, 0.25) is 11.8 Å². The van der Waals surface area contributed by atoms with Crippen LogP contribution in [0.1, 0.15) is 36.1 Å². The fourth-order valence-corrected chi connectivity index (χ4v) is 3.08. The highest BCUT2D eigenvalue weighted by atomic mass is 19.4. The third kappa shape index (κ3) is 5.25. The number of rotatable bonds is 4. The molecule has 29 heavy (non-hydrogen) atoms. The number of anilines is 1. The second-order valence-electron chi connectivity index (χ2n) is 6.59. The molecule has 1 saturated heterocycles. The van der Waals surface area contributed by atoms with E-state index in [0.29, 0.717) is 25.9 Å². The van der Waals surface area contributed by atoms with Gasteiger partial charge in [-0.05, 0) is 38.1 Å². The maximum atomic E-state index is 13.0. The summed E-state index contributed by atoms with van der Waals surface area (Å²) in [5, 5.41) is 8.69. The highest BCUT2D eigenvalue weighted by Gasteiger charge is 2.39. The lowest BCUT2D eigenvalue weighted by Crippen LogP contribution is -2.39. The first kappa shape index (κ1) is 21.1. The summed E-state index contributed by atoms with van der Waals surface area (Å²) < 4.78 is 81.2. The number of alkyl halides is 6. The molecule has 0 atom stereocenters. The van der Waals surface area contributed by atoms with Crippen molar-refractivity contribution >= 4 is 11.6 Å². The molecular weight excluding hydrogens is 406 g/mol. The number of hydrogen-bond acceptors (Lipinski definition) is 5. The van der Waals surface area contributed by atoms with E-state index >= 15 is 0 Å². The lowest BCUT2D eigenvalue weighted by molar-refractivity contribution is -0.157. The van der Waals surface area contributed by atoms with Crippen molar-refractivity contribution < 1.29 is 35.6 Å². The van der Waals surface area contributed by atoms with Crippen LogP contribution in [0.5, 0.6) is 0 Å². The molecule has 1 fully saturated rings. The first-order valence-corrected chi connectivity index (χ1v) is 8.63. The normalized spacial score (nSPS) is 16.8. The number of halogens is 6. The molecule has 0 radical (unpaired) electrons. The Bertz CT molecular complexity index is 856. The molecule has 0 saturated carbocycles. The van der Waals surface area contributed by atoms with Crippen molar-refractivity contribution in [3.63, 3.8) is 0 Å². The smallest absolute Gasteiger partial charge is 0.417 e. The summed E-state index contributed by atoms with van der Waals surface area (Å²) in [6.45, 7) is 0.558. The molecule has 0 aliphatic carbocycles. The van der Waals surface area contributed by atoms with Crippen molar-refractivity contribution in [1.82, 2.24) is 15.1 Å². The monoisotopic (exact) mass is 422 g/mol. The maximum absolute atomic E-state index is 13.0. The van der Waals surface area contributed by atoms with Crippen LogP contribution in [-0.4, -0.2) is 40.6 Å². The summed E-state index contributed by atoms with van der Waals surface area (Å²) in [4.78, 5) is 13.8. The molecule has 1 aromatic carbocycles. The molecule has 2 aromatic rings. The van der Waals surface area contributed by atoms with Crippen LogP contribution >= 0.6 is 0 Å². The van der Waals surface area contributed by atoms with E-state index in [0.717, 1.165) is 6.07 Å². The zero-order valence-electron chi connectivity index (χ0n) is 14.8. The van der Waals surface area contributed by atoms with Crippen molar-refractivity contribution in [2.45, 2.75) is 31.1 Å². The second-order valence-corrected chi connectivity index (χ2v) is 6.59. The number of amides is 1. The Morgan fingerprint density at radius 1 is 1.07 bits per heavy atom. The van der Waals surface area contributed by atoms with Gasteiger partial charge in [0.1, 0.15) is 0 Å². The van der Waals surface area contributed by atoms with Gasteiger partial charge in [-0.1, -0.05) is 12.1 Å². The summed E-state index contributed by atoms with van der Waals surface area (Å²) in [5.41, 5.74) is -1.27. The van der Waals surface area contributed by atoms with Crippen molar-refractivity contribution in [2.24, 2.45) is 0 Å². The SMILES string of the molecule is O=C(CN1CCC(c2nnc(C(F)(F)F)o2)CC1)Nc1ccccc1C(F)(F)F. The minimum atomic E-state index is -4.71. The Morgan fingerprint density at radius 3 is 2.31 bits per heavy atom. The summed E-state index contributed by atoms with van der Waals surface area (Å²) in [5.74, 6) is -2.50. The van der Waals surface area contributed by atoms with Crippen molar-refractivity contribution in [2.75, 3.05) is 25.0 Å². The summed E-state index contributed by atoms with van der Waals surface area (Å²) in [7, 11) is 0. The molecule has 158 valence electrons. The largest absolute Gasteiger partial charge is 0.470 e. The van der Waals surface area contributed by atoms with Crippen LogP contribution in [0.25, 0.3) is 0 Å². The molecule has 1 aliphatic rings. The highest BCUT2D eigenvalue weighted by molar-refractivity contribution is 5.93. The molecule has 1 N–H and O–H groups in total. The molecule has 1 aliphatic heterocycles. The number of hydrogen-bond donors (Lipinski definition) is 1. The van der Waals surface area contributed by atoms with Crippen LogP contribution < -0.4 is 5.32 Å². The van der Waals surface area contributed by atoms with Gasteiger partial charge in [0.15, 0.2) is 0 Å². The second kappa shape index (κ2) is 8.01. The molecule has 1 aromatic heterocycles. The quantitative estimate of drug-likeness (QED) is 0.757. The van der Waals surface area contributed by atoms with Gasteiger partial charge in [0, 0.05) is 5.92 Å². The van der Waals surface area contributed by atoms with E-state index in [1.807, 2.05) is 0 Å². The van der Waals surface area contributed by atoms with Crippen LogP contribution in [0, 0.1) is 0 Å². The van der Waals surface area contributed by atoms with Gasteiger partial charge in [0.25, 0.3) is 0 Å². The average molecular weight is 422 g/mol. The van der Waals surface area contributed by atoms with Gasteiger partial charge in [-0.3, -0.25) is 9.69 Å². The maximum Gasteiger partial charge on any atom is 0.470 e. The number of carbonyl (C=O) groups is 1. The third-order valence-corrected chi connectivity index (χ3v) is 4.49. The van der Waals surface area contributed by atoms with E-state index in [9.17, 15) is 31.1 Å². The van der Waals surface area contributed by atoms with E-state index in [1.54, 1.807) is 4.90 Å². The standard InChI is InChI=1S/C17H16F6N4O2/c18-16(19,20)11-3-1-2-4-12(11)24-13(28)9-27-7-5-10(6-8-27)14-25-26-15(29-14)17(21,22)23/h1-4,10H,5-9H2,(H,24,28). The molecule has 0 unspecified atom stereocenters. The number of nitrogens with zero attached hydrogens (tertiary/aromatic N) is 3. The fraction of sp³-hybridized carbons (Fsp3) is 0.471. The van der Waals surface area contributed by atoms with Crippen LogP contribution in [0.15, 0.2) is 28.7 Å². The minimum Gasteiger partial charge on any atom is -0.417 e. The first-order valence-electron chi connectivity index (χ1n) is 8.63. The summed E-state index contributed by atoms with van der Waals surface area (Å²) in [6, 6.07) is 4.66. The van der Waals surface area contributed by atoms with Crippen LogP contribution in [-0.2, 0) is 17.1 Å². The van der Waals surface area contributed by atoms with Crippen LogP contribution in [0.4, 0.5) is 32.0 Å². The average Bonchev–Trinajstić information content (AvgIpc) is 3.12. The van der Waals surface area contributed by atoms with Crippen LogP contribution in [0.3, 0.4) is 0 Å². The topological polar surface area (TPSA) is 71.3 Å². The highest BCUT2D eigenvalue weighted by Crippen LogP contribution is 2.35. The van der Waals surface area contributed by atoms with Gasteiger partial charge in [-0.15, -0.1) is 10.2 Å². The van der Waals surface area contributed by atoms with E-state index in [4.69, 9.17) is 0 Å². The van der Waals surface area contributed by atoms with Gasteiger partial charge >= 0.3 is 18.2 Å². The Morgan fingerprint density at radius 2 is 1.72 bits per heavy atom. The van der Waals surface area contributed by atoms with Gasteiger partial charge in [-0.2, -0.15) is 26.3 Å². The van der Waals surface area contributed by atoms with Crippen molar-refractivity contribution in [3.8, 4) is 0 Å². The number of carbonyl (C=O) groups excluding carboxylic acids is 1. The zero-order valence-corrected chi connectivity index (χ0v) is 14.8. The van der Waals surface area contributed by atoms with E-state index in [1.165, 1.54) is 18.2 Å². The molecule has 0 bridgehead atoms. The molecule has 1 amide bonds. The summed E-state index contributed by atoms with van der Waals surface area (Å²) >= 11 is 0. The first-order chi connectivity index (χ1) is 13.5. The number of piperidine rings is 1.